The van der Waals surface area contributed by atoms with Crippen LogP contribution in [0.4, 0.5) is 5.69 Å². The van der Waals surface area contributed by atoms with Gasteiger partial charge in [-0.2, -0.15) is 0 Å². The molecule has 0 aromatic heterocycles. The average Bonchev–Trinajstić information content (AvgIpc) is 2.70. The highest BCUT2D eigenvalue weighted by Crippen LogP contribution is 2.26. The molecule has 0 fully saturated rings. The summed E-state index contributed by atoms with van der Waals surface area (Å²) in [6.07, 6.45) is 2.75. The summed E-state index contributed by atoms with van der Waals surface area (Å²) in [6.45, 7) is 6.77. The average molecular weight is 418 g/mol. The van der Waals surface area contributed by atoms with Gasteiger partial charge in [-0.05, 0) is 74.2 Å². The highest BCUT2D eigenvalue weighted by molar-refractivity contribution is 6.32. The van der Waals surface area contributed by atoms with Gasteiger partial charge in [0.2, 0.25) is 5.91 Å². The lowest BCUT2D eigenvalue weighted by atomic mass is 10.1. The zero-order valence-corrected chi connectivity index (χ0v) is 18.0. The predicted octanol–water partition coefficient (Wildman–Crippen LogP) is 5.71. The fourth-order valence-electron chi connectivity index (χ4n) is 2.72. The van der Waals surface area contributed by atoms with Gasteiger partial charge in [0.25, 0.3) is 0 Å². The van der Waals surface area contributed by atoms with Crippen LogP contribution in [0.2, 0.25) is 5.02 Å². The third kappa shape index (κ3) is 7.42. The molecule has 6 heteroatoms. The molecule has 0 radical (unpaired) electrons. The van der Waals surface area contributed by atoms with Gasteiger partial charge >= 0.3 is 5.97 Å². The fraction of sp³-hybridized carbons (Fsp3) is 0.391. The summed E-state index contributed by atoms with van der Waals surface area (Å²) in [5.41, 5.74) is 3.06. The summed E-state index contributed by atoms with van der Waals surface area (Å²) in [4.78, 5) is 24.0. The van der Waals surface area contributed by atoms with E-state index in [9.17, 15) is 9.59 Å². The number of aryl methyl sites for hydroxylation is 2. The van der Waals surface area contributed by atoms with Crippen LogP contribution in [0.3, 0.4) is 0 Å². The molecule has 156 valence electrons. The van der Waals surface area contributed by atoms with E-state index in [-0.39, 0.29) is 11.9 Å². The highest BCUT2D eigenvalue weighted by atomic mass is 35.5. The van der Waals surface area contributed by atoms with Crippen LogP contribution in [0.25, 0.3) is 0 Å². The summed E-state index contributed by atoms with van der Waals surface area (Å²) >= 11 is 6.15. The van der Waals surface area contributed by atoms with E-state index in [2.05, 4.69) is 5.32 Å². The van der Waals surface area contributed by atoms with Crippen LogP contribution in [-0.2, 0) is 9.53 Å². The Hall–Kier alpha value is -2.53. The van der Waals surface area contributed by atoms with Crippen molar-refractivity contribution in [2.75, 3.05) is 18.5 Å². The van der Waals surface area contributed by atoms with Crippen molar-refractivity contribution in [3.63, 3.8) is 0 Å². The zero-order valence-electron chi connectivity index (χ0n) is 17.2. The summed E-state index contributed by atoms with van der Waals surface area (Å²) in [5, 5.41) is 3.57. The zero-order chi connectivity index (χ0) is 21.2. The summed E-state index contributed by atoms with van der Waals surface area (Å²) in [7, 11) is 0. The second kappa shape index (κ2) is 11.5. The Bertz CT molecular complexity index is 810. The minimum absolute atomic E-state index is 0.102. The number of halogens is 1. The molecule has 0 saturated carbocycles. The van der Waals surface area contributed by atoms with E-state index in [0.717, 1.165) is 34.7 Å². The number of benzene rings is 2. The van der Waals surface area contributed by atoms with Crippen molar-refractivity contribution in [1.29, 1.82) is 0 Å². The quantitative estimate of drug-likeness (QED) is 0.397. The molecule has 2 aromatic carbocycles. The van der Waals surface area contributed by atoms with Crippen LogP contribution < -0.4 is 10.1 Å². The Kier molecular flexibility index (Phi) is 9.00. The second-order valence-corrected chi connectivity index (χ2v) is 7.32. The lowest BCUT2D eigenvalue weighted by molar-refractivity contribution is -0.116. The van der Waals surface area contributed by atoms with Gasteiger partial charge in [-0.3, -0.25) is 4.79 Å². The number of esters is 1. The van der Waals surface area contributed by atoms with E-state index >= 15 is 0 Å². The monoisotopic (exact) mass is 417 g/mol. The fourth-order valence-corrected chi connectivity index (χ4v) is 2.83. The predicted molar refractivity (Wildman–Crippen MR) is 116 cm³/mol. The summed E-state index contributed by atoms with van der Waals surface area (Å²) in [5.74, 6) is 0.308. The molecule has 29 heavy (non-hydrogen) atoms. The Morgan fingerprint density at radius 1 is 1.00 bits per heavy atom. The Labute approximate surface area is 177 Å². The van der Waals surface area contributed by atoms with Crippen LogP contribution in [0, 0.1) is 13.8 Å². The van der Waals surface area contributed by atoms with Gasteiger partial charge in [0.15, 0.2) is 0 Å². The first kappa shape index (κ1) is 22.8. The second-order valence-electron chi connectivity index (χ2n) is 6.94. The van der Waals surface area contributed by atoms with Crippen molar-refractivity contribution in [3.8, 4) is 5.75 Å². The first-order valence-corrected chi connectivity index (χ1v) is 10.2. The van der Waals surface area contributed by atoms with Crippen LogP contribution in [0.1, 0.15) is 54.1 Å². The van der Waals surface area contributed by atoms with Crippen molar-refractivity contribution in [3.05, 3.63) is 58.1 Å². The number of hydrogen-bond donors (Lipinski definition) is 1. The first-order valence-electron chi connectivity index (χ1n) is 9.87. The number of hydrogen-bond acceptors (Lipinski definition) is 4. The molecule has 0 heterocycles. The van der Waals surface area contributed by atoms with E-state index < -0.39 is 0 Å². The van der Waals surface area contributed by atoms with E-state index in [1.54, 1.807) is 24.3 Å². The smallest absolute Gasteiger partial charge is 0.338 e. The summed E-state index contributed by atoms with van der Waals surface area (Å²) in [6, 6.07) is 10.5. The maximum Gasteiger partial charge on any atom is 0.338 e. The molecule has 0 bridgehead atoms. The van der Waals surface area contributed by atoms with Crippen LogP contribution in [0.5, 0.6) is 5.75 Å². The van der Waals surface area contributed by atoms with E-state index in [4.69, 9.17) is 21.1 Å². The molecule has 2 rings (SSSR count). The maximum absolute atomic E-state index is 12.1. The number of carbonyl (C=O) groups is 2. The van der Waals surface area contributed by atoms with Crippen molar-refractivity contribution in [1.82, 2.24) is 0 Å². The maximum atomic E-state index is 12.1. The minimum atomic E-state index is -0.346. The van der Waals surface area contributed by atoms with Gasteiger partial charge < -0.3 is 14.8 Å². The van der Waals surface area contributed by atoms with Crippen molar-refractivity contribution >= 4 is 29.2 Å². The Morgan fingerprint density at radius 2 is 1.66 bits per heavy atom. The van der Waals surface area contributed by atoms with Gasteiger partial charge in [-0.25, -0.2) is 4.79 Å². The minimum Gasteiger partial charge on any atom is -0.494 e. The molecule has 0 spiro atoms. The molecule has 0 unspecified atom stereocenters. The Balaban J connectivity index is 1.73. The van der Waals surface area contributed by atoms with E-state index in [1.807, 2.05) is 32.9 Å². The molecule has 1 amide bonds. The van der Waals surface area contributed by atoms with Crippen molar-refractivity contribution < 1.29 is 19.1 Å². The van der Waals surface area contributed by atoms with E-state index in [1.165, 1.54) is 0 Å². The van der Waals surface area contributed by atoms with Gasteiger partial charge in [0.05, 0.1) is 18.8 Å². The lowest BCUT2D eigenvalue weighted by Crippen LogP contribution is -2.13. The third-order valence-electron chi connectivity index (χ3n) is 4.36. The molecule has 2 aromatic rings. The number of unbranched alkanes of at least 4 members (excludes halogenated alkanes) is 1. The van der Waals surface area contributed by atoms with Crippen LogP contribution >= 0.6 is 11.6 Å². The molecule has 5 nitrogen and oxygen atoms in total. The molecule has 0 aliphatic heterocycles. The van der Waals surface area contributed by atoms with Crippen LogP contribution in [-0.4, -0.2) is 25.1 Å². The third-order valence-corrected chi connectivity index (χ3v) is 4.96. The van der Waals surface area contributed by atoms with Crippen LogP contribution in [0.15, 0.2) is 36.4 Å². The molecular formula is C23H28ClNO4. The molecule has 0 saturated heterocycles. The number of nitrogens with one attached hydrogen (secondary N) is 1. The molecule has 1 N–H and O–H groups in total. The van der Waals surface area contributed by atoms with Gasteiger partial charge in [0, 0.05) is 17.1 Å². The topological polar surface area (TPSA) is 64.6 Å². The number of ether oxygens (including phenoxy) is 2. The highest BCUT2D eigenvalue weighted by Gasteiger charge is 2.08. The first-order chi connectivity index (χ1) is 13.9. The standard InChI is InChI=1S/C23H28ClNO4/c1-4-5-12-29-23(27)18-8-10-19(11-9-18)25-21(26)7-6-13-28-20-14-16(2)22(24)17(3)15-20/h8-11,14-15H,4-7,12-13H2,1-3H3,(H,25,26). The normalized spacial score (nSPS) is 10.5. The molecule has 0 atom stereocenters. The van der Waals surface area contributed by atoms with E-state index in [0.29, 0.717) is 37.3 Å². The number of anilines is 1. The molecular weight excluding hydrogens is 390 g/mol. The number of amides is 1. The summed E-state index contributed by atoms with van der Waals surface area (Å²) < 4.78 is 10.9. The largest absolute Gasteiger partial charge is 0.494 e. The molecule has 0 aliphatic carbocycles. The molecule has 0 aliphatic rings. The number of rotatable bonds is 10. The van der Waals surface area contributed by atoms with Crippen molar-refractivity contribution in [2.45, 2.75) is 46.5 Å². The Morgan fingerprint density at radius 3 is 2.28 bits per heavy atom. The van der Waals surface area contributed by atoms with Gasteiger partial charge in [0.1, 0.15) is 5.75 Å². The van der Waals surface area contributed by atoms with Gasteiger partial charge in [-0.15, -0.1) is 0 Å². The number of carbonyl (C=O) groups excluding carboxylic acids is 2. The lowest BCUT2D eigenvalue weighted by Gasteiger charge is -2.10. The van der Waals surface area contributed by atoms with Crippen molar-refractivity contribution in [2.24, 2.45) is 0 Å². The SMILES string of the molecule is CCCCOC(=O)c1ccc(NC(=O)CCCOc2cc(C)c(Cl)c(C)c2)cc1. The van der Waals surface area contributed by atoms with Gasteiger partial charge in [-0.1, -0.05) is 24.9 Å².